The molecule has 0 radical (unpaired) electrons. The Bertz CT molecular complexity index is 607. The summed E-state index contributed by atoms with van der Waals surface area (Å²) in [6.07, 6.45) is 6.61. The van der Waals surface area contributed by atoms with Crippen LogP contribution in [0.4, 0.5) is 5.95 Å². The van der Waals surface area contributed by atoms with Gasteiger partial charge in [-0.25, -0.2) is 9.97 Å². The van der Waals surface area contributed by atoms with Crippen LogP contribution in [-0.4, -0.2) is 71.5 Å². The quantitative estimate of drug-likeness (QED) is 0.831. The highest BCUT2D eigenvalue weighted by molar-refractivity contribution is 6.33. The number of rotatable bonds is 4. The molecule has 2 aliphatic heterocycles. The molecular formula is C17H24ClN5O. The van der Waals surface area contributed by atoms with Gasteiger partial charge in [0.15, 0.2) is 5.69 Å². The second-order valence-corrected chi connectivity index (χ2v) is 7.50. The minimum Gasteiger partial charge on any atom is -0.341 e. The van der Waals surface area contributed by atoms with Gasteiger partial charge in [0.25, 0.3) is 5.91 Å². The molecule has 1 aliphatic carbocycles. The second kappa shape index (κ2) is 6.84. The fourth-order valence-corrected chi connectivity index (χ4v) is 3.70. The predicted molar refractivity (Wildman–Crippen MR) is 93.6 cm³/mol. The maximum absolute atomic E-state index is 12.8. The summed E-state index contributed by atoms with van der Waals surface area (Å²) in [4.78, 5) is 28.1. The fraction of sp³-hybridized carbons (Fsp3) is 0.706. The van der Waals surface area contributed by atoms with Crippen molar-refractivity contribution in [2.24, 2.45) is 5.92 Å². The van der Waals surface area contributed by atoms with Crippen molar-refractivity contribution in [2.75, 3.05) is 50.7 Å². The lowest BCUT2D eigenvalue weighted by Crippen LogP contribution is -2.49. The van der Waals surface area contributed by atoms with Gasteiger partial charge in [-0.2, -0.15) is 0 Å². The van der Waals surface area contributed by atoms with Gasteiger partial charge in [0.2, 0.25) is 5.95 Å². The number of amides is 1. The Morgan fingerprint density at radius 3 is 2.50 bits per heavy atom. The molecule has 1 aromatic heterocycles. The Kier molecular flexibility index (Phi) is 4.59. The number of hydrogen-bond donors (Lipinski definition) is 0. The Morgan fingerprint density at radius 1 is 1.12 bits per heavy atom. The average molecular weight is 350 g/mol. The van der Waals surface area contributed by atoms with E-state index < -0.39 is 0 Å². The fourth-order valence-electron chi connectivity index (χ4n) is 3.53. The molecular weight excluding hydrogens is 326 g/mol. The van der Waals surface area contributed by atoms with E-state index in [9.17, 15) is 4.79 Å². The largest absolute Gasteiger partial charge is 0.341 e. The van der Waals surface area contributed by atoms with E-state index in [0.29, 0.717) is 16.7 Å². The zero-order valence-corrected chi connectivity index (χ0v) is 14.7. The van der Waals surface area contributed by atoms with Crippen LogP contribution in [-0.2, 0) is 0 Å². The number of anilines is 1. The van der Waals surface area contributed by atoms with E-state index >= 15 is 0 Å². The second-order valence-electron chi connectivity index (χ2n) is 7.10. The molecule has 0 N–H and O–H groups in total. The summed E-state index contributed by atoms with van der Waals surface area (Å²) < 4.78 is 0. The maximum Gasteiger partial charge on any atom is 0.274 e. The van der Waals surface area contributed by atoms with Crippen LogP contribution in [0.2, 0.25) is 5.02 Å². The van der Waals surface area contributed by atoms with Gasteiger partial charge in [-0.1, -0.05) is 11.6 Å². The number of carbonyl (C=O) groups excluding carboxylic acids is 1. The van der Waals surface area contributed by atoms with Crippen LogP contribution in [0.1, 0.15) is 36.2 Å². The number of carbonyl (C=O) groups is 1. The third-order valence-electron chi connectivity index (χ3n) is 5.20. The van der Waals surface area contributed by atoms with Gasteiger partial charge in [-0.3, -0.25) is 9.69 Å². The molecule has 0 unspecified atom stereocenters. The molecule has 3 aliphatic rings. The molecule has 6 nitrogen and oxygen atoms in total. The van der Waals surface area contributed by atoms with Crippen LogP contribution in [0.25, 0.3) is 0 Å². The predicted octanol–water partition coefficient (Wildman–Crippen LogP) is 1.90. The molecule has 1 amide bonds. The van der Waals surface area contributed by atoms with Crippen LogP contribution >= 0.6 is 11.6 Å². The summed E-state index contributed by atoms with van der Waals surface area (Å²) in [6.45, 7) is 6.50. The lowest BCUT2D eigenvalue weighted by Gasteiger charge is -2.34. The lowest BCUT2D eigenvalue weighted by atomic mass is 10.2. The first kappa shape index (κ1) is 16.1. The molecule has 7 heteroatoms. The normalized spacial score (nSPS) is 22.2. The molecule has 2 saturated heterocycles. The van der Waals surface area contributed by atoms with Crippen molar-refractivity contribution in [2.45, 2.75) is 25.7 Å². The van der Waals surface area contributed by atoms with Crippen LogP contribution in [0.5, 0.6) is 0 Å². The molecule has 4 rings (SSSR count). The molecule has 3 fully saturated rings. The van der Waals surface area contributed by atoms with E-state index in [0.717, 1.165) is 58.0 Å². The molecule has 0 aromatic carbocycles. The molecule has 1 aromatic rings. The first-order valence-electron chi connectivity index (χ1n) is 9.00. The van der Waals surface area contributed by atoms with Crippen molar-refractivity contribution in [3.8, 4) is 0 Å². The standard InChI is InChI=1S/C17H24ClN5O/c18-14-11-19-17(23-5-1-2-6-23)20-15(14)16(24)22-9-7-21(8-10-22)12-13-3-4-13/h11,13H,1-10,12H2. The first-order chi connectivity index (χ1) is 11.7. The number of nitrogens with zero attached hydrogens (tertiary/aromatic N) is 5. The van der Waals surface area contributed by atoms with E-state index in [2.05, 4.69) is 19.8 Å². The summed E-state index contributed by atoms with van der Waals surface area (Å²) in [7, 11) is 0. The third kappa shape index (κ3) is 3.49. The zero-order valence-electron chi connectivity index (χ0n) is 14.0. The van der Waals surface area contributed by atoms with Crippen LogP contribution < -0.4 is 4.90 Å². The number of piperazine rings is 1. The van der Waals surface area contributed by atoms with Crippen molar-refractivity contribution >= 4 is 23.5 Å². The molecule has 1 saturated carbocycles. The van der Waals surface area contributed by atoms with E-state index in [1.165, 1.54) is 19.4 Å². The molecule has 0 bridgehead atoms. The van der Waals surface area contributed by atoms with Gasteiger partial charge >= 0.3 is 0 Å². The Morgan fingerprint density at radius 2 is 1.83 bits per heavy atom. The van der Waals surface area contributed by atoms with Gasteiger partial charge in [0, 0.05) is 45.8 Å². The highest BCUT2D eigenvalue weighted by Crippen LogP contribution is 2.30. The van der Waals surface area contributed by atoms with E-state index in [1.54, 1.807) is 6.20 Å². The first-order valence-corrected chi connectivity index (χ1v) is 9.37. The van der Waals surface area contributed by atoms with Gasteiger partial charge in [-0.05, 0) is 31.6 Å². The van der Waals surface area contributed by atoms with Crippen molar-refractivity contribution < 1.29 is 4.79 Å². The van der Waals surface area contributed by atoms with Crippen LogP contribution in [0, 0.1) is 5.92 Å². The highest BCUT2D eigenvalue weighted by atomic mass is 35.5. The van der Waals surface area contributed by atoms with Crippen molar-refractivity contribution in [3.63, 3.8) is 0 Å². The molecule has 0 spiro atoms. The van der Waals surface area contributed by atoms with Gasteiger partial charge in [0.05, 0.1) is 11.2 Å². The zero-order chi connectivity index (χ0) is 16.5. The van der Waals surface area contributed by atoms with Crippen LogP contribution in [0.3, 0.4) is 0 Å². The highest BCUT2D eigenvalue weighted by Gasteiger charge is 2.29. The molecule has 24 heavy (non-hydrogen) atoms. The van der Waals surface area contributed by atoms with Crippen molar-refractivity contribution in [1.82, 2.24) is 19.8 Å². The minimum absolute atomic E-state index is 0.0612. The van der Waals surface area contributed by atoms with E-state index in [-0.39, 0.29) is 5.91 Å². The number of halogens is 1. The Hall–Kier alpha value is -1.40. The number of hydrogen-bond acceptors (Lipinski definition) is 5. The summed E-state index contributed by atoms with van der Waals surface area (Å²) in [5, 5.41) is 0.350. The average Bonchev–Trinajstić information content (AvgIpc) is 3.24. The van der Waals surface area contributed by atoms with Gasteiger partial charge in [-0.15, -0.1) is 0 Å². The van der Waals surface area contributed by atoms with E-state index in [4.69, 9.17) is 11.6 Å². The van der Waals surface area contributed by atoms with E-state index in [1.807, 2.05) is 4.90 Å². The Labute approximate surface area is 147 Å². The molecule has 0 atom stereocenters. The SMILES string of the molecule is O=C(c1nc(N2CCCC2)ncc1Cl)N1CCN(CC2CC2)CC1. The minimum atomic E-state index is -0.0612. The molecule has 3 heterocycles. The summed E-state index contributed by atoms with van der Waals surface area (Å²) in [5.41, 5.74) is 0.351. The summed E-state index contributed by atoms with van der Waals surface area (Å²) in [5.74, 6) is 1.47. The topological polar surface area (TPSA) is 52.6 Å². The Balaban J connectivity index is 1.42. The smallest absolute Gasteiger partial charge is 0.274 e. The molecule has 130 valence electrons. The summed E-state index contributed by atoms with van der Waals surface area (Å²) >= 11 is 6.22. The lowest BCUT2D eigenvalue weighted by molar-refractivity contribution is 0.0626. The van der Waals surface area contributed by atoms with Crippen molar-refractivity contribution in [3.05, 3.63) is 16.9 Å². The maximum atomic E-state index is 12.8. The number of aromatic nitrogens is 2. The monoisotopic (exact) mass is 349 g/mol. The third-order valence-corrected chi connectivity index (χ3v) is 5.47. The van der Waals surface area contributed by atoms with Gasteiger partial charge < -0.3 is 9.80 Å². The van der Waals surface area contributed by atoms with Crippen molar-refractivity contribution in [1.29, 1.82) is 0 Å². The van der Waals surface area contributed by atoms with Gasteiger partial charge in [0.1, 0.15) is 0 Å². The summed E-state index contributed by atoms with van der Waals surface area (Å²) in [6, 6.07) is 0. The van der Waals surface area contributed by atoms with Crippen LogP contribution in [0.15, 0.2) is 6.20 Å².